The minimum atomic E-state index is 0.539. The zero-order chi connectivity index (χ0) is 14.5. The van der Waals surface area contributed by atoms with Crippen LogP contribution >= 0.6 is 15.9 Å². The van der Waals surface area contributed by atoms with Gasteiger partial charge in [-0.1, -0.05) is 58.4 Å². The van der Waals surface area contributed by atoms with Gasteiger partial charge in [0.1, 0.15) is 0 Å². The van der Waals surface area contributed by atoms with Crippen molar-refractivity contribution in [3.63, 3.8) is 0 Å². The maximum absolute atomic E-state index is 3.65. The molecule has 0 saturated carbocycles. The SMILES string of the molecule is Brc1cccc(CC2CN(Cc3ccccc3)CCN2)c1. The van der Waals surface area contributed by atoms with Gasteiger partial charge in [-0.15, -0.1) is 0 Å². The van der Waals surface area contributed by atoms with E-state index in [9.17, 15) is 0 Å². The summed E-state index contributed by atoms with van der Waals surface area (Å²) in [6.45, 7) is 4.37. The van der Waals surface area contributed by atoms with E-state index in [4.69, 9.17) is 0 Å². The summed E-state index contributed by atoms with van der Waals surface area (Å²) in [5.41, 5.74) is 2.80. The number of rotatable bonds is 4. The average molecular weight is 345 g/mol. The van der Waals surface area contributed by atoms with E-state index in [0.29, 0.717) is 6.04 Å². The molecular formula is C18H21BrN2. The van der Waals surface area contributed by atoms with Crippen LogP contribution in [0.1, 0.15) is 11.1 Å². The van der Waals surface area contributed by atoms with Crippen molar-refractivity contribution >= 4 is 15.9 Å². The number of nitrogens with zero attached hydrogens (tertiary/aromatic N) is 1. The molecule has 2 aromatic carbocycles. The largest absolute Gasteiger partial charge is 0.311 e. The van der Waals surface area contributed by atoms with Gasteiger partial charge in [0, 0.05) is 36.7 Å². The molecule has 0 aromatic heterocycles. The first-order valence-electron chi connectivity index (χ1n) is 7.54. The van der Waals surface area contributed by atoms with E-state index in [1.165, 1.54) is 11.1 Å². The topological polar surface area (TPSA) is 15.3 Å². The van der Waals surface area contributed by atoms with Crippen molar-refractivity contribution in [1.29, 1.82) is 0 Å². The smallest absolute Gasteiger partial charge is 0.0236 e. The third-order valence-corrected chi connectivity index (χ3v) is 4.45. The molecule has 1 aliphatic heterocycles. The molecular weight excluding hydrogens is 324 g/mol. The Hall–Kier alpha value is -1.16. The first kappa shape index (κ1) is 14.8. The van der Waals surface area contributed by atoms with E-state index in [-0.39, 0.29) is 0 Å². The fourth-order valence-electron chi connectivity index (χ4n) is 2.96. The molecule has 0 radical (unpaired) electrons. The maximum Gasteiger partial charge on any atom is 0.0236 e. The molecule has 1 fully saturated rings. The van der Waals surface area contributed by atoms with Gasteiger partial charge in [0.15, 0.2) is 0 Å². The third-order valence-electron chi connectivity index (χ3n) is 3.96. The van der Waals surface area contributed by atoms with Crippen LogP contribution in [0.25, 0.3) is 0 Å². The summed E-state index contributed by atoms with van der Waals surface area (Å²) < 4.78 is 1.16. The fraction of sp³-hybridized carbons (Fsp3) is 0.333. The summed E-state index contributed by atoms with van der Waals surface area (Å²) in [5.74, 6) is 0. The third kappa shape index (κ3) is 4.40. The molecule has 2 aromatic rings. The summed E-state index contributed by atoms with van der Waals surface area (Å²) in [4.78, 5) is 2.55. The molecule has 21 heavy (non-hydrogen) atoms. The van der Waals surface area contributed by atoms with Crippen LogP contribution in [0.2, 0.25) is 0 Å². The summed E-state index contributed by atoms with van der Waals surface area (Å²) >= 11 is 3.55. The summed E-state index contributed by atoms with van der Waals surface area (Å²) in [5, 5.41) is 3.65. The van der Waals surface area contributed by atoms with Gasteiger partial charge in [0.05, 0.1) is 0 Å². The number of nitrogens with one attached hydrogen (secondary N) is 1. The Balaban J connectivity index is 1.58. The molecule has 1 atom stereocenters. The second-order valence-corrected chi connectivity index (χ2v) is 6.62. The molecule has 0 spiro atoms. The molecule has 1 aliphatic rings. The molecule has 0 bridgehead atoms. The highest BCUT2D eigenvalue weighted by Gasteiger charge is 2.19. The van der Waals surface area contributed by atoms with Crippen molar-refractivity contribution in [2.24, 2.45) is 0 Å². The van der Waals surface area contributed by atoms with Gasteiger partial charge in [-0.2, -0.15) is 0 Å². The Bertz CT molecular complexity index is 570. The van der Waals surface area contributed by atoms with Gasteiger partial charge in [-0.25, -0.2) is 0 Å². The van der Waals surface area contributed by atoms with E-state index in [2.05, 4.69) is 80.7 Å². The van der Waals surface area contributed by atoms with Crippen LogP contribution in [0, 0.1) is 0 Å². The molecule has 0 amide bonds. The zero-order valence-electron chi connectivity index (χ0n) is 12.1. The number of piperazine rings is 1. The lowest BCUT2D eigenvalue weighted by molar-refractivity contribution is 0.192. The summed E-state index contributed by atoms with van der Waals surface area (Å²) in [6, 6.07) is 19.9. The van der Waals surface area contributed by atoms with Gasteiger partial charge in [0.2, 0.25) is 0 Å². The van der Waals surface area contributed by atoms with Gasteiger partial charge in [-0.3, -0.25) is 4.90 Å². The van der Waals surface area contributed by atoms with Crippen molar-refractivity contribution < 1.29 is 0 Å². The highest BCUT2D eigenvalue weighted by Crippen LogP contribution is 2.15. The summed E-state index contributed by atoms with van der Waals surface area (Å²) in [7, 11) is 0. The van der Waals surface area contributed by atoms with Crippen molar-refractivity contribution in [3.8, 4) is 0 Å². The normalized spacial score (nSPS) is 19.6. The van der Waals surface area contributed by atoms with Gasteiger partial charge in [0.25, 0.3) is 0 Å². The zero-order valence-corrected chi connectivity index (χ0v) is 13.7. The molecule has 110 valence electrons. The van der Waals surface area contributed by atoms with Crippen molar-refractivity contribution in [1.82, 2.24) is 10.2 Å². The van der Waals surface area contributed by atoms with E-state index in [0.717, 1.165) is 37.1 Å². The summed E-state index contributed by atoms with van der Waals surface area (Å²) in [6.07, 6.45) is 1.09. The number of benzene rings is 2. The minimum Gasteiger partial charge on any atom is -0.311 e. The molecule has 1 unspecified atom stereocenters. The van der Waals surface area contributed by atoms with Gasteiger partial charge in [-0.05, 0) is 29.7 Å². The highest BCUT2D eigenvalue weighted by molar-refractivity contribution is 9.10. The van der Waals surface area contributed by atoms with E-state index < -0.39 is 0 Å². The lowest BCUT2D eigenvalue weighted by Crippen LogP contribution is -2.51. The quantitative estimate of drug-likeness (QED) is 0.913. The van der Waals surface area contributed by atoms with Crippen LogP contribution in [0.3, 0.4) is 0 Å². The molecule has 3 heteroatoms. The first-order chi connectivity index (χ1) is 10.3. The van der Waals surface area contributed by atoms with Crippen LogP contribution < -0.4 is 5.32 Å². The molecule has 0 aliphatic carbocycles. The van der Waals surface area contributed by atoms with Crippen molar-refractivity contribution in [2.75, 3.05) is 19.6 Å². The Labute approximate surface area is 135 Å². The lowest BCUT2D eigenvalue weighted by Gasteiger charge is -2.34. The van der Waals surface area contributed by atoms with Crippen LogP contribution in [0.4, 0.5) is 0 Å². The predicted molar refractivity (Wildman–Crippen MR) is 91.4 cm³/mol. The van der Waals surface area contributed by atoms with Crippen molar-refractivity contribution in [2.45, 2.75) is 19.0 Å². The fourth-order valence-corrected chi connectivity index (χ4v) is 3.41. The number of halogens is 1. The molecule has 1 heterocycles. The standard InChI is InChI=1S/C18H21BrN2/c19-17-8-4-7-16(11-17)12-18-14-21(10-9-20-18)13-15-5-2-1-3-6-15/h1-8,11,18,20H,9-10,12-14H2. The Morgan fingerprint density at radius 1 is 1.05 bits per heavy atom. The van der Waals surface area contributed by atoms with Crippen LogP contribution in [0.5, 0.6) is 0 Å². The van der Waals surface area contributed by atoms with E-state index in [1.54, 1.807) is 0 Å². The molecule has 1 N–H and O–H groups in total. The molecule has 1 saturated heterocycles. The lowest BCUT2D eigenvalue weighted by atomic mass is 10.0. The maximum atomic E-state index is 3.65. The Kier molecular flexibility index (Phi) is 5.07. The molecule has 3 rings (SSSR count). The minimum absolute atomic E-state index is 0.539. The van der Waals surface area contributed by atoms with Crippen molar-refractivity contribution in [3.05, 3.63) is 70.2 Å². The van der Waals surface area contributed by atoms with Gasteiger partial charge < -0.3 is 5.32 Å². The van der Waals surface area contributed by atoms with E-state index in [1.807, 2.05) is 0 Å². The van der Waals surface area contributed by atoms with Crippen LogP contribution in [-0.2, 0) is 13.0 Å². The average Bonchev–Trinajstić information content (AvgIpc) is 2.49. The number of hydrogen-bond acceptors (Lipinski definition) is 2. The van der Waals surface area contributed by atoms with E-state index >= 15 is 0 Å². The predicted octanol–water partition coefficient (Wildman–Crippen LogP) is 3.47. The molecule has 2 nitrogen and oxygen atoms in total. The first-order valence-corrected chi connectivity index (χ1v) is 8.33. The highest BCUT2D eigenvalue weighted by atomic mass is 79.9. The second kappa shape index (κ2) is 7.21. The second-order valence-electron chi connectivity index (χ2n) is 5.71. The number of hydrogen-bond donors (Lipinski definition) is 1. The van der Waals surface area contributed by atoms with Crippen LogP contribution in [0.15, 0.2) is 59.1 Å². The monoisotopic (exact) mass is 344 g/mol. The van der Waals surface area contributed by atoms with Crippen LogP contribution in [-0.4, -0.2) is 30.6 Å². The Morgan fingerprint density at radius 2 is 1.86 bits per heavy atom. The van der Waals surface area contributed by atoms with Gasteiger partial charge >= 0.3 is 0 Å². The Morgan fingerprint density at radius 3 is 2.67 bits per heavy atom.